The Kier molecular flexibility index (Phi) is 28.3. The minimum absolute atomic E-state index is 0.358. The van der Waals surface area contributed by atoms with E-state index < -0.39 is 37.3 Å². The molecule has 2 aromatic rings. The van der Waals surface area contributed by atoms with Gasteiger partial charge in [-0.3, -0.25) is 0 Å². The number of aliphatic hydroxyl groups excluding tert-OH is 4. The summed E-state index contributed by atoms with van der Waals surface area (Å²) in [6, 6.07) is 9.04. The van der Waals surface area contributed by atoms with Crippen molar-refractivity contribution < 1.29 is 53.6 Å². The third kappa shape index (κ3) is 22.5. The Morgan fingerprint density at radius 2 is 1.12 bits per heavy atom. The van der Waals surface area contributed by atoms with Crippen molar-refractivity contribution >= 4 is 0 Å². The molecule has 5 atom stereocenters. The molecule has 60 heavy (non-hydrogen) atoms. The highest BCUT2D eigenvalue weighted by atomic mass is 16.7. The molecule has 1 fully saturated rings. The van der Waals surface area contributed by atoms with Gasteiger partial charge in [0.2, 0.25) is 5.88 Å². The van der Waals surface area contributed by atoms with Gasteiger partial charge in [0.1, 0.15) is 53.9 Å². The second-order valence-corrected chi connectivity index (χ2v) is 15.2. The fraction of sp³-hybridized carbons (Fsp3) is 0.702. The normalized spacial score (nSPS) is 18.8. The number of rotatable bonds is 34. The number of methoxy groups -OCH3 is 1. The number of unbranched alkanes of at least 4 members (excludes halogenated alkanes) is 17. The van der Waals surface area contributed by atoms with Crippen molar-refractivity contribution in [2.45, 2.75) is 146 Å². The molecule has 1 saturated heterocycles. The molecule has 4 N–H and O–H groups in total. The number of ether oxygens (including phenoxy) is 7. The van der Waals surface area contributed by atoms with E-state index in [2.05, 4.69) is 27.7 Å². The van der Waals surface area contributed by atoms with Gasteiger partial charge in [-0.2, -0.15) is 0 Å². The first-order chi connectivity index (χ1) is 29.4. The van der Waals surface area contributed by atoms with E-state index in [1.807, 2.05) is 18.2 Å². The summed E-state index contributed by atoms with van der Waals surface area (Å²) >= 11 is 0. The van der Waals surface area contributed by atoms with Crippen LogP contribution >= 0.6 is 0 Å². The van der Waals surface area contributed by atoms with Crippen LogP contribution in [0.2, 0.25) is 0 Å². The largest absolute Gasteiger partial charge is 0.491 e. The molecule has 0 spiro atoms. The Morgan fingerprint density at radius 1 is 0.583 bits per heavy atom. The van der Waals surface area contributed by atoms with Crippen molar-refractivity contribution in [1.82, 2.24) is 9.97 Å². The first-order valence-electron chi connectivity index (χ1n) is 22.2. The molecular formula is C47H72N2O11. The SMILES string of the molecule is C#Cc1cc(OCCOCCOCCOC)cc(C#Cc2cccc(OCCCCCCCCCCCCCCCCCCCCO[C@@H]3O[C@H](CO)[C@@H](O)[C@H](O)[C@H]3O)n2)n1. The molecule has 3 rings (SSSR count). The van der Waals surface area contributed by atoms with E-state index in [-0.39, 0.29) is 0 Å². The van der Waals surface area contributed by atoms with Gasteiger partial charge in [-0.15, -0.1) is 6.42 Å². The minimum atomic E-state index is -1.39. The van der Waals surface area contributed by atoms with Crippen LogP contribution in [0.5, 0.6) is 11.6 Å². The summed E-state index contributed by atoms with van der Waals surface area (Å²) in [5, 5.41) is 39.0. The Labute approximate surface area is 358 Å². The van der Waals surface area contributed by atoms with Crippen LogP contribution < -0.4 is 9.47 Å². The van der Waals surface area contributed by atoms with E-state index in [9.17, 15) is 20.4 Å². The third-order valence-corrected chi connectivity index (χ3v) is 10.2. The topological polar surface area (TPSA) is 171 Å². The van der Waals surface area contributed by atoms with Crippen molar-refractivity contribution in [3.63, 3.8) is 0 Å². The number of terminal acetylenes is 1. The van der Waals surface area contributed by atoms with Crippen molar-refractivity contribution in [3.05, 3.63) is 47.4 Å². The molecule has 1 aliphatic rings. The van der Waals surface area contributed by atoms with E-state index in [4.69, 9.17) is 39.6 Å². The van der Waals surface area contributed by atoms with Crippen LogP contribution in [0.25, 0.3) is 0 Å². The van der Waals surface area contributed by atoms with Crippen LogP contribution in [-0.4, -0.2) is 128 Å². The number of pyridine rings is 2. The van der Waals surface area contributed by atoms with Crippen LogP contribution in [0, 0.1) is 24.2 Å². The van der Waals surface area contributed by atoms with Crippen molar-refractivity contribution in [3.8, 4) is 35.8 Å². The average Bonchev–Trinajstić information content (AvgIpc) is 3.26. The number of hydrogen-bond acceptors (Lipinski definition) is 13. The smallest absolute Gasteiger partial charge is 0.214 e. The third-order valence-electron chi connectivity index (χ3n) is 10.2. The second-order valence-electron chi connectivity index (χ2n) is 15.2. The van der Waals surface area contributed by atoms with Gasteiger partial charge < -0.3 is 53.6 Å². The van der Waals surface area contributed by atoms with Crippen LogP contribution in [0.4, 0.5) is 0 Å². The molecule has 336 valence electrons. The molecule has 13 nitrogen and oxygen atoms in total. The Hall–Kier alpha value is -3.34. The van der Waals surface area contributed by atoms with Gasteiger partial charge in [0.05, 0.1) is 46.2 Å². The maximum atomic E-state index is 10.0. The molecular weight excluding hydrogens is 769 g/mol. The van der Waals surface area contributed by atoms with Gasteiger partial charge in [-0.05, 0) is 30.7 Å². The summed E-state index contributed by atoms with van der Waals surface area (Å²) < 4.78 is 38.5. The van der Waals surface area contributed by atoms with Crippen molar-refractivity contribution in [2.24, 2.45) is 0 Å². The van der Waals surface area contributed by atoms with Gasteiger partial charge in [-0.25, -0.2) is 9.97 Å². The van der Waals surface area contributed by atoms with Crippen LogP contribution in [0.15, 0.2) is 30.3 Å². The van der Waals surface area contributed by atoms with Crippen molar-refractivity contribution in [1.29, 1.82) is 0 Å². The van der Waals surface area contributed by atoms with Gasteiger partial charge in [0.25, 0.3) is 0 Å². The van der Waals surface area contributed by atoms with E-state index >= 15 is 0 Å². The lowest BCUT2D eigenvalue weighted by molar-refractivity contribution is -0.301. The minimum Gasteiger partial charge on any atom is -0.491 e. The molecule has 0 bridgehead atoms. The molecule has 0 saturated carbocycles. The Morgan fingerprint density at radius 3 is 1.70 bits per heavy atom. The fourth-order valence-corrected chi connectivity index (χ4v) is 6.72. The predicted molar refractivity (Wildman–Crippen MR) is 230 cm³/mol. The quantitative estimate of drug-likeness (QED) is 0.0469. The predicted octanol–water partition coefficient (Wildman–Crippen LogP) is 6.13. The van der Waals surface area contributed by atoms with Crippen molar-refractivity contribution in [2.75, 3.05) is 66.6 Å². The van der Waals surface area contributed by atoms with Gasteiger partial charge in [0, 0.05) is 31.9 Å². The van der Waals surface area contributed by atoms with E-state index in [0.29, 0.717) is 81.6 Å². The van der Waals surface area contributed by atoms with E-state index in [0.717, 1.165) is 32.1 Å². The van der Waals surface area contributed by atoms with E-state index in [1.54, 1.807) is 19.2 Å². The molecule has 3 heterocycles. The number of aromatic nitrogens is 2. The lowest BCUT2D eigenvalue weighted by Crippen LogP contribution is -2.59. The summed E-state index contributed by atoms with van der Waals surface area (Å²) in [6.45, 7) is 3.44. The zero-order chi connectivity index (χ0) is 42.9. The molecule has 0 aliphatic carbocycles. The highest BCUT2D eigenvalue weighted by Crippen LogP contribution is 2.23. The van der Waals surface area contributed by atoms with E-state index in [1.165, 1.54) is 83.5 Å². The zero-order valence-corrected chi connectivity index (χ0v) is 36.0. The van der Waals surface area contributed by atoms with Gasteiger partial charge in [-0.1, -0.05) is 115 Å². The Bertz CT molecular complexity index is 1490. The molecule has 0 amide bonds. The second kappa shape index (κ2) is 33.3. The van der Waals surface area contributed by atoms with Gasteiger partial charge >= 0.3 is 0 Å². The molecule has 13 heteroatoms. The maximum absolute atomic E-state index is 10.0. The monoisotopic (exact) mass is 841 g/mol. The first-order valence-corrected chi connectivity index (χ1v) is 22.2. The fourth-order valence-electron chi connectivity index (χ4n) is 6.72. The molecule has 1 aliphatic heterocycles. The maximum Gasteiger partial charge on any atom is 0.214 e. The lowest BCUT2D eigenvalue weighted by Gasteiger charge is -2.39. The number of nitrogens with zero attached hydrogens (tertiary/aromatic N) is 2. The number of aliphatic hydroxyl groups is 4. The number of hydrogen-bond donors (Lipinski definition) is 4. The van der Waals surface area contributed by atoms with Crippen LogP contribution in [0.1, 0.15) is 133 Å². The first kappa shape index (κ1) is 51.0. The summed E-state index contributed by atoms with van der Waals surface area (Å²) in [6.07, 6.45) is 21.6. The summed E-state index contributed by atoms with van der Waals surface area (Å²) in [5.41, 5.74) is 1.53. The van der Waals surface area contributed by atoms with Crippen LogP contribution in [-0.2, 0) is 23.7 Å². The standard InChI is InChI=1S/C47H72N2O11/c1-3-38-35-41(57-34-33-56-32-31-55-30-29-54-2)36-40(48-38)26-25-39-23-22-24-43(49-39)58-27-20-18-16-14-12-10-8-6-4-5-7-9-11-13-15-17-19-21-28-59-47-46(53)45(52)44(51)42(37-50)60-47/h1,22-24,35-36,42,44-47,50-53H,4-21,27-34,37H2,2H3/t42-,44-,45+,46-,47-/m1/s1. The highest BCUT2D eigenvalue weighted by molar-refractivity contribution is 5.43. The highest BCUT2D eigenvalue weighted by Gasteiger charge is 2.43. The average molecular weight is 841 g/mol. The summed E-state index contributed by atoms with van der Waals surface area (Å²) in [4.78, 5) is 8.95. The summed E-state index contributed by atoms with van der Waals surface area (Å²) in [7, 11) is 1.64. The Balaban J connectivity index is 1.11. The van der Waals surface area contributed by atoms with Crippen LogP contribution in [0.3, 0.4) is 0 Å². The molecule has 0 aromatic carbocycles. The lowest BCUT2D eigenvalue weighted by atomic mass is 9.99. The molecule has 2 aromatic heterocycles. The molecule has 0 radical (unpaired) electrons. The summed E-state index contributed by atoms with van der Waals surface area (Å²) in [5.74, 6) is 9.81. The molecule has 0 unspecified atom stereocenters. The van der Waals surface area contributed by atoms with Gasteiger partial charge in [0.15, 0.2) is 6.29 Å². The zero-order valence-electron chi connectivity index (χ0n) is 36.0.